The van der Waals surface area contributed by atoms with Crippen LogP contribution < -0.4 is 15.8 Å². The number of carbonyl (C=O) groups is 1. The predicted octanol–water partition coefficient (Wildman–Crippen LogP) is 3.15. The zero-order valence-corrected chi connectivity index (χ0v) is 11.9. The van der Waals surface area contributed by atoms with Crippen LogP contribution in [-0.2, 0) is 0 Å². The average molecular weight is 270 g/mol. The van der Waals surface area contributed by atoms with Gasteiger partial charge in [-0.15, -0.1) is 0 Å². The number of methoxy groups -OCH3 is 1. The van der Waals surface area contributed by atoms with Crippen molar-refractivity contribution in [3.63, 3.8) is 0 Å². The molecule has 0 bridgehead atoms. The van der Waals surface area contributed by atoms with E-state index in [0.717, 1.165) is 11.1 Å². The highest BCUT2D eigenvalue weighted by molar-refractivity contribution is 6.07. The van der Waals surface area contributed by atoms with Gasteiger partial charge in [0.25, 0.3) is 5.91 Å². The monoisotopic (exact) mass is 270 g/mol. The van der Waals surface area contributed by atoms with Gasteiger partial charge in [-0.25, -0.2) is 0 Å². The molecule has 0 saturated carbocycles. The van der Waals surface area contributed by atoms with Crippen LogP contribution in [0.2, 0.25) is 0 Å². The van der Waals surface area contributed by atoms with Crippen LogP contribution in [-0.4, -0.2) is 13.0 Å². The first-order valence-electron chi connectivity index (χ1n) is 6.34. The minimum absolute atomic E-state index is 0.239. The number of aryl methyl sites for hydroxylation is 2. The number of rotatable bonds is 3. The normalized spacial score (nSPS) is 10.2. The van der Waals surface area contributed by atoms with E-state index in [9.17, 15) is 4.79 Å². The van der Waals surface area contributed by atoms with Gasteiger partial charge < -0.3 is 15.8 Å². The minimum atomic E-state index is -0.239. The molecule has 0 aliphatic rings. The first-order valence-corrected chi connectivity index (χ1v) is 6.34. The number of para-hydroxylation sites is 1. The Hall–Kier alpha value is -2.49. The van der Waals surface area contributed by atoms with Crippen molar-refractivity contribution in [3.05, 3.63) is 53.1 Å². The molecule has 1 amide bonds. The zero-order valence-electron chi connectivity index (χ0n) is 11.9. The molecule has 0 aromatic heterocycles. The number of nitrogen functional groups attached to an aromatic ring is 1. The molecule has 20 heavy (non-hydrogen) atoms. The van der Waals surface area contributed by atoms with Crippen molar-refractivity contribution in [2.45, 2.75) is 13.8 Å². The molecular formula is C16H18N2O2. The molecule has 2 rings (SSSR count). The summed E-state index contributed by atoms with van der Waals surface area (Å²) < 4.78 is 5.19. The predicted molar refractivity (Wildman–Crippen MR) is 81.3 cm³/mol. The molecule has 3 N–H and O–H groups in total. The Morgan fingerprint density at radius 2 is 1.80 bits per heavy atom. The van der Waals surface area contributed by atoms with Gasteiger partial charge in [-0.2, -0.15) is 0 Å². The molecule has 104 valence electrons. The highest BCUT2D eigenvalue weighted by Gasteiger charge is 2.13. The molecule has 0 aliphatic heterocycles. The van der Waals surface area contributed by atoms with Crippen molar-refractivity contribution in [2.75, 3.05) is 18.2 Å². The maximum absolute atomic E-state index is 12.3. The lowest BCUT2D eigenvalue weighted by Crippen LogP contribution is -2.14. The second kappa shape index (κ2) is 5.65. The Labute approximate surface area is 118 Å². The van der Waals surface area contributed by atoms with Crippen molar-refractivity contribution in [3.8, 4) is 5.75 Å². The van der Waals surface area contributed by atoms with E-state index in [2.05, 4.69) is 5.32 Å². The molecule has 4 nitrogen and oxygen atoms in total. The Morgan fingerprint density at radius 1 is 1.15 bits per heavy atom. The van der Waals surface area contributed by atoms with Crippen LogP contribution in [0.25, 0.3) is 0 Å². The first kappa shape index (κ1) is 13.9. The summed E-state index contributed by atoms with van der Waals surface area (Å²) >= 11 is 0. The topological polar surface area (TPSA) is 64.3 Å². The molecule has 4 heteroatoms. The first-order chi connectivity index (χ1) is 9.52. The summed E-state index contributed by atoms with van der Waals surface area (Å²) in [7, 11) is 1.54. The van der Waals surface area contributed by atoms with E-state index in [0.29, 0.717) is 22.7 Å². The lowest BCUT2D eigenvalue weighted by atomic mass is 10.1. The number of hydrogen-bond donors (Lipinski definition) is 2. The van der Waals surface area contributed by atoms with Gasteiger partial charge in [0, 0.05) is 0 Å². The fraction of sp³-hybridized carbons (Fsp3) is 0.188. The van der Waals surface area contributed by atoms with Gasteiger partial charge in [-0.3, -0.25) is 4.79 Å². The Balaban J connectivity index is 2.30. The summed E-state index contributed by atoms with van der Waals surface area (Å²) in [5, 5.41) is 2.83. The van der Waals surface area contributed by atoms with Gasteiger partial charge in [0.1, 0.15) is 5.75 Å². The lowest BCUT2D eigenvalue weighted by molar-refractivity contribution is 0.102. The van der Waals surface area contributed by atoms with Crippen LogP contribution in [0.1, 0.15) is 21.5 Å². The standard InChI is InChI=1S/C16H18N2O2/c1-10-8-13(17)14(9-11(10)2)18-16(19)12-6-4-5-7-15(12)20-3/h4-9H,17H2,1-3H3,(H,18,19). The van der Waals surface area contributed by atoms with Crippen molar-refractivity contribution >= 4 is 17.3 Å². The number of hydrogen-bond acceptors (Lipinski definition) is 3. The number of amides is 1. The van der Waals surface area contributed by atoms with Crippen molar-refractivity contribution in [1.82, 2.24) is 0 Å². The third kappa shape index (κ3) is 2.74. The van der Waals surface area contributed by atoms with Gasteiger partial charge in [0.2, 0.25) is 0 Å². The largest absolute Gasteiger partial charge is 0.496 e. The summed E-state index contributed by atoms with van der Waals surface area (Å²) in [5.41, 5.74) is 9.76. The van der Waals surface area contributed by atoms with Crippen LogP contribution >= 0.6 is 0 Å². The Morgan fingerprint density at radius 3 is 2.50 bits per heavy atom. The number of benzene rings is 2. The smallest absolute Gasteiger partial charge is 0.259 e. The Kier molecular flexibility index (Phi) is 3.94. The van der Waals surface area contributed by atoms with E-state index >= 15 is 0 Å². The minimum Gasteiger partial charge on any atom is -0.496 e. The molecule has 0 radical (unpaired) electrons. The molecule has 0 aliphatic carbocycles. The fourth-order valence-corrected chi connectivity index (χ4v) is 1.97. The van der Waals surface area contributed by atoms with Gasteiger partial charge in [-0.05, 0) is 49.2 Å². The van der Waals surface area contributed by atoms with E-state index in [1.165, 1.54) is 7.11 Å². The second-order valence-electron chi connectivity index (χ2n) is 4.68. The van der Waals surface area contributed by atoms with Gasteiger partial charge in [0.05, 0.1) is 24.0 Å². The van der Waals surface area contributed by atoms with Crippen LogP contribution in [0, 0.1) is 13.8 Å². The molecule has 0 atom stereocenters. The van der Waals surface area contributed by atoms with Crippen molar-refractivity contribution in [2.24, 2.45) is 0 Å². The van der Waals surface area contributed by atoms with Crippen LogP contribution in [0.4, 0.5) is 11.4 Å². The molecule has 0 spiro atoms. The number of carbonyl (C=O) groups excluding carboxylic acids is 1. The van der Waals surface area contributed by atoms with Crippen LogP contribution in [0.15, 0.2) is 36.4 Å². The molecular weight excluding hydrogens is 252 g/mol. The number of nitrogens with one attached hydrogen (secondary N) is 1. The summed E-state index contributed by atoms with van der Waals surface area (Å²) in [5.74, 6) is 0.296. The van der Waals surface area contributed by atoms with E-state index < -0.39 is 0 Å². The second-order valence-corrected chi connectivity index (χ2v) is 4.68. The molecule has 0 unspecified atom stereocenters. The van der Waals surface area contributed by atoms with Gasteiger partial charge in [-0.1, -0.05) is 12.1 Å². The quantitative estimate of drug-likeness (QED) is 0.842. The van der Waals surface area contributed by atoms with E-state index in [4.69, 9.17) is 10.5 Å². The zero-order chi connectivity index (χ0) is 14.7. The average Bonchev–Trinajstić information content (AvgIpc) is 2.44. The van der Waals surface area contributed by atoms with Crippen molar-refractivity contribution < 1.29 is 9.53 Å². The van der Waals surface area contributed by atoms with Crippen molar-refractivity contribution in [1.29, 1.82) is 0 Å². The molecule has 0 saturated heterocycles. The fourth-order valence-electron chi connectivity index (χ4n) is 1.97. The number of anilines is 2. The summed E-state index contributed by atoms with van der Waals surface area (Å²) in [6.45, 7) is 3.96. The van der Waals surface area contributed by atoms with E-state index in [-0.39, 0.29) is 5.91 Å². The lowest BCUT2D eigenvalue weighted by Gasteiger charge is -2.12. The van der Waals surface area contributed by atoms with Crippen LogP contribution in [0.3, 0.4) is 0 Å². The summed E-state index contributed by atoms with van der Waals surface area (Å²) in [6.07, 6.45) is 0. The van der Waals surface area contributed by atoms with Crippen LogP contribution in [0.5, 0.6) is 5.75 Å². The Bertz CT molecular complexity index is 651. The molecule has 0 fully saturated rings. The van der Waals surface area contributed by atoms with E-state index in [1.54, 1.807) is 18.2 Å². The molecule has 2 aromatic rings. The molecule has 0 heterocycles. The highest BCUT2D eigenvalue weighted by atomic mass is 16.5. The maximum Gasteiger partial charge on any atom is 0.259 e. The molecule has 2 aromatic carbocycles. The van der Waals surface area contributed by atoms with E-state index in [1.807, 2.05) is 32.0 Å². The SMILES string of the molecule is COc1ccccc1C(=O)Nc1cc(C)c(C)cc1N. The number of ether oxygens (including phenoxy) is 1. The highest BCUT2D eigenvalue weighted by Crippen LogP contribution is 2.25. The number of nitrogens with two attached hydrogens (primary N) is 1. The third-order valence-electron chi connectivity index (χ3n) is 3.27. The third-order valence-corrected chi connectivity index (χ3v) is 3.27. The summed E-state index contributed by atoms with van der Waals surface area (Å²) in [4.78, 5) is 12.3. The van der Waals surface area contributed by atoms with Gasteiger partial charge in [0.15, 0.2) is 0 Å². The van der Waals surface area contributed by atoms with Gasteiger partial charge >= 0.3 is 0 Å². The summed E-state index contributed by atoms with van der Waals surface area (Å²) in [6, 6.07) is 10.8. The maximum atomic E-state index is 12.3.